The standard InChI is InChI=1S/C31H39N3O6/c1-5-22-8-6-7-9-26(22)33-29(35)34-32-18-21-11-13-23(14-12-21)36-27-20(3)25-15-10-19(2)24-16-17-30(4)38-28(37-27)31(24,25)40-39-30/h6-9,11-14,18-20,24-25,27-28H,5,10,15-17H2,1-4H3,(H2,33,34,35)/b32-18+/t19-,20-,24+,25+,27+,28?,30+,31-/m1/s1. The Labute approximate surface area is 235 Å². The molecule has 214 valence electrons. The first kappa shape index (κ1) is 27.2. The fourth-order valence-electron chi connectivity index (χ4n) is 7.04. The molecule has 2 amide bonds. The quantitative estimate of drug-likeness (QED) is 0.261. The first-order valence-electron chi connectivity index (χ1n) is 14.5. The maximum atomic E-state index is 12.3. The number of urea groups is 1. The Morgan fingerprint density at radius 3 is 2.67 bits per heavy atom. The smallest absolute Gasteiger partial charge is 0.339 e. The van der Waals surface area contributed by atoms with Crippen molar-refractivity contribution in [3.8, 4) is 5.75 Å². The fraction of sp³-hybridized carbons (Fsp3) is 0.548. The van der Waals surface area contributed by atoms with Gasteiger partial charge in [-0.3, -0.25) is 0 Å². The minimum absolute atomic E-state index is 0.0858. The first-order valence-corrected chi connectivity index (χ1v) is 14.5. The molecule has 40 heavy (non-hydrogen) atoms. The van der Waals surface area contributed by atoms with Crippen molar-refractivity contribution >= 4 is 17.9 Å². The average Bonchev–Trinajstić information content (AvgIpc) is 3.18. The molecule has 1 aliphatic carbocycles. The van der Waals surface area contributed by atoms with Crippen LogP contribution >= 0.6 is 0 Å². The van der Waals surface area contributed by atoms with Crippen molar-refractivity contribution in [2.45, 2.75) is 83.8 Å². The SMILES string of the molecule is CCc1ccccc1NC(=O)N/N=C/c1ccc(O[C@H]2OC3O[C@]4(C)CC[C@H]5[C@H](C)CC[C@@H]([C@H]2C)[C@@]35OO4)cc1. The molecule has 2 aromatic rings. The third-order valence-corrected chi connectivity index (χ3v) is 9.26. The largest absolute Gasteiger partial charge is 0.465 e. The number of fused-ring (bicyclic) bond motifs is 2. The first-order chi connectivity index (χ1) is 19.3. The lowest BCUT2D eigenvalue weighted by molar-refractivity contribution is -0.575. The van der Waals surface area contributed by atoms with Gasteiger partial charge in [-0.25, -0.2) is 20.0 Å². The number of amides is 2. The normalized spacial score (nSPS) is 36.5. The van der Waals surface area contributed by atoms with Crippen LogP contribution in [0.5, 0.6) is 5.75 Å². The van der Waals surface area contributed by atoms with Gasteiger partial charge in [0.1, 0.15) is 5.75 Å². The highest BCUT2D eigenvalue weighted by atomic mass is 17.3. The maximum Gasteiger partial charge on any atom is 0.339 e. The lowest BCUT2D eigenvalue weighted by Crippen LogP contribution is -2.70. The van der Waals surface area contributed by atoms with Crippen LogP contribution in [0.2, 0.25) is 0 Å². The number of benzene rings is 2. The van der Waals surface area contributed by atoms with Crippen molar-refractivity contribution in [2.24, 2.45) is 28.8 Å². The van der Waals surface area contributed by atoms with Crippen molar-refractivity contribution in [2.75, 3.05) is 5.32 Å². The van der Waals surface area contributed by atoms with Crippen LogP contribution in [0.15, 0.2) is 53.6 Å². The van der Waals surface area contributed by atoms with Crippen LogP contribution in [0.3, 0.4) is 0 Å². The van der Waals surface area contributed by atoms with E-state index in [0.717, 1.165) is 48.9 Å². The molecule has 7 rings (SSSR count). The number of carbonyl (C=O) groups excluding carboxylic acids is 1. The van der Waals surface area contributed by atoms with E-state index in [1.807, 2.05) is 62.4 Å². The van der Waals surface area contributed by atoms with E-state index in [-0.39, 0.29) is 11.8 Å². The highest BCUT2D eigenvalue weighted by Gasteiger charge is 2.69. The number of ether oxygens (including phenoxy) is 3. The molecule has 9 heteroatoms. The summed E-state index contributed by atoms with van der Waals surface area (Å²) in [6.07, 6.45) is 5.34. The molecular weight excluding hydrogens is 510 g/mol. The summed E-state index contributed by atoms with van der Waals surface area (Å²) in [5.41, 5.74) is 4.58. The average molecular weight is 550 g/mol. The van der Waals surface area contributed by atoms with E-state index in [9.17, 15) is 4.79 Å². The van der Waals surface area contributed by atoms with Gasteiger partial charge in [-0.15, -0.1) is 0 Å². The Hall–Kier alpha value is -2.98. The van der Waals surface area contributed by atoms with Crippen LogP contribution in [0.1, 0.15) is 64.5 Å². The van der Waals surface area contributed by atoms with Crippen LogP contribution in [0.4, 0.5) is 10.5 Å². The van der Waals surface area contributed by atoms with E-state index in [4.69, 9.17) is 24.0 Å². The van der Waals surface area contributed by atoms with Crippen LogP contribution in [0.25, 0.3) is 0 Å². The van der Waals surface area contributed by atoms with Crippen LogP contribution in [0, 0.1) is 23.7 Å². The second kappa shape index (κ2) is 10.8. The molecule has 1 spiro atoms. The number of hydrogen-bond acceptors (Lipinski definition) is 7. The van der Waals surface area contributed by atoms with Crippen LogP contribution in [-0.4, -0.2) is 36.2 Å². The Balaban J connectivity index is 1.09. The Bertz CT molecular complexity index is 1250. The van der Waals surface area contributed by atoms with Gasteiger partial charge in [-0.05, 0) is 85.9 Å². The topological polar surface area (TPSA) is 99.6 Å². The maximum absolute atomic E-state index is 12.3. The molecule has 5 fully saturated rings. The molecule has 2 N–H and O–H groups in total. The monoisotopic (exact) mass is 549 g/mol. The highest BCUT2D eigenvalue weighted by Crippen LogP contribution is 2.60. The van der Waals surface area contributed by atoms with Gasteiger partial charge < -0.3 is 19.5 Å². The summed E-state index contributed by atoms with van der Waals surface area (Å²) in [5, 5.41) is 6.91. The summed E-state index contributed by atoms with van der Waals surface area (Å²) in [7, 11) is 0. The minimum Gasteiger partial charge on any atom is -0.465 e. The van der Waals surface area contributed by atoms with Gasteiger partial charge in [0, 0.05) is 23.9 Å². The van der Waals surface area contributed by atoms with E-state index in [1.165, 1.54) is 0 Å². The zero-order valence-corrected chi connectivity index (χ0v) is 23.6. The second-order valence-electron chi connectivity index (χ2n) is 11.8. The fourth-order valence-corrected chi connectivity index (χ4v) is 7.04. The van der Waals surface area contributed by atoms with Gasteiger partial charge >= 0.3 is 6.03 Å². The van der Waals surface area contributed by atoms with Crippen molar-refractivity contribution in [3.63, 3.8) is 0 Å². The van der Waals surface area contributed by atoms with E-state index >= 15 is 0 Å². The van der Waals surface area contributed by atoms with Crippen LogP contribution in [-0.2, 0) is 25.7 Å². The number of aryl methyl sites for hydroxylation is 1. The van der Waals surface area contributed by atoms with Crippen LogP contribution < -0.4 is 15.5 Å². The number of anilines is 1. The third kappa shape index (κ3) is 4.89. The summed E-state index contributed by atoms with van der Waals surface area (Å²) in [6.45, 7) is 8.46. The summed E-state index contributed by atoms with van der Waals surface area (Å²) in [5.74, 6) is 1.00. The van der Waals surface area contributed by atoms with Crippen molar-refractivity contribution in [1.82, 2.24) is 5.43 Å². The van der Waals surface area contributed by atoms with E-state index in [0.29, 0.717) is 17.6 Å². The van der Waals surface area contributed by atoms with Gasteiger partial charge in [0.25, 0.3) is 0 Å². The summed E-state index contributed by atoms with van der Waals surface area (Å²) < 4.78 is 19.3. The summed E-state index contributed by atoms with van der Waals surface area (Å²) in [4.78, 5) is 24.4. The third-order valence-electron chi connectivity index (χ3n) is 9.26. The van der Waals surface area contributed by atoms with Gasteiger partial charge in [-0.2, -0.15) is 5.10 Å². The molecule has 9 nitrogen and oxygen atoms in total. The molecular formula is C31H39N3O6. The van der Waals surface area contributed by atoms with E-state index in [2.05, 4.69) is 29.7 Å². The molecule has 5 aliphatic rings. The van der Waals surface area contributed by atoms with Crippen molar-refractivity contribution < 1.29 is 28.8 Å². The molecule has 8 atom stereocenters. The number of carbonyl (C=O) groups is 1. The van der Waals surface area contributed by atoms with Gasteiger partial charge in [0.2, 0.25) is 12.1 Å². The number of para-hydroxylation sites is 1. The minimum atomic E-state index is -0.812. The molecule has 2 bridgehead atoms. The molecule has 4 heterocycles. The molecule has 1 unspecified atom stereocenters. The Kier molecular flexibility index (Phi) is 7.33. The number of nitrogens with one attached hydrogen (secondary N) is 2. The molecule has 4 saturated heterocycles. The highest BCUT2D eigenvalue weighted by molar-refractivity contribution is 5.91. The van der Waals surface area contributed by atoms with Gasteiger partial charge in [0.05, 0.1) is 6.21 Å². The summed E-state index contributed by atoms with van der Waals surface area (Å²) >= 11 is 0. The lowest BCUT2D eigenvalue weighted by Gasteiger charge is -2.60. The molecule has 2 aromatic carbocycles. The van der Waals surface area contributed by atoms with E-state index < -0.39 is 30.0 Å². The van der Waals surface area contributed by atoms with E-state index in [1.54, 1.807) is 6.21 Å². The molecule has 0 aromatic heterocycles. The predicted octanol–water partition coefficient (Wildman–Crippen LogP) is 5.99. The second-order valence-corrected chi connectivity index (χ2v) is 11.8. The Morgan fingerprint density at radius 1 is 1.07 bits per heavy atom. The zero-order chi connectivity index (χ0) is 27.9. The van der Waals surface area contributed by atoms with Gasteiger partial charge in [-0.1, -0.05) is 39.0 Å². The van der Waals surface area contributed by atoms with Crippen molar-refractivity contribution in [1.29, 1.82) is 0 Å². The number of nitrogens with zero attached hydrogens (tertiary/aromatic N) is 1. The number of rotatable bonds is 6. The molecule has 4 aliphatic heterocycles. The Morgan fingerprint density at radius 2 is 1.88 bits per heavy atom. The number of hydrazone groups is 1. The molecule has 1 saturated carbocycles. The lowest BCUT2D eigenvalue weighted by atomic mass is 9.58. The zero-order valence-electron chi connectivity index (χ0n) is 23.6. The predicted molar refractivity (Wildman–Crippen MR) is 149 cm³/mol. The number of hydrogen-bond donors (Lipinski definition) is 2. The molecule has 0 radical (unpaired) electrons. The summed E-state index contributed by atoms with van der Waals surface area (Å²) in [6, 6.07) is 14.9. The van der Waals surface area contributed by atoms with Gasteiger partial charge in [0.15, 0.2) is 11.9 Å². The van der Waals surface area contributed by atoms with Crippen molar-refractivity contribution in [3.05, 3.63) is 59.7 Å².